The molecular weight excluding hydrogens is 351 g/mol. The number of nitro benzene ring substituents is 1. The number of imidazole rings is 1. The van der Waals surface area contributed by atoms with Crippen LogP contribution in [0.3, 0.4) is 0 Å². The lowest BCUT2D eigenvalue weighted by Gasteiger charge is -2.21. The molecule has 0 bridgehead atoms. The standard InChI is InChI=1S/C19H17FN4O3/c1-2-22(12-14-4-3-5-16(20)10-14)19(25)15-6-7-17(18(11-15)24(26)27)23-9-8-21-13-23/h3-11,13H,2,12H2,1H3. The Bertz CT molecular complexity index is 973. The molecule has 0 spiro atoms. The van der Waals surface area contributed by atoms with Crippen LogP contribution in [-0.4, -0.2) is 31.8 Å². The first-order chi connectivity index (χ1) is 13.0. The van der Waals surface area contributed by atoms with Gasteiger partial charge in [0.15, 0.2) is 0 Å². The van der Waals surface area contributed by atoms with Crippen molar-refractivity contribution in [1.29, 1.82) is 0 Å². The zero-order valence-electron chi connectivity index (χ0n) is 14.6. The Labute approximate surface area is 154 Å². The first kappa shape index (κ1) is 18.2. The van der Waals surface area contributed by atoms with Gasteiger partial charge >= 0.3 is 0 Å². The lowest BCUT2D eigenvalue weighted by Crippen LogP contribution is -2.30. The molecule has 3 rings (SSSR count). The normalized spacial score (nSPS) is 10.6. The quantitative estimate of drug-likeness (QED) is 0.492. The van der Waals surface area contributed by atoms with Gasteiger partial charge in [0.1, 0.15) is 11.5 Å². The number of amides is 1. The van der Waals surface area contributed by atoms with Gasteiger partial charge in [0.2, 0.25) is 0 Å². The number of hydrogen-bond acceptors (Lipinski definition) is 4. The van der Waals surface area contributed by atoms with Crippen molar-refractivity contribution >= 4 is 11.6 Å². The van der Waals surface area contributed by atoms with Crippen LogP contribution in [0.2, 0.25) is 0 Å². The predicted octanol–water partition coefficient (Wildman–Crippen LogP) is 3.58. The summed E-state index contributed by atoms with van der Waals surface area (Å²) in [5, 5.41) is 11.5. The molecule has 7 nitrogen and oxygen atoms in total. The van der Waals surface area contributed by atoms with Crippen LogP contribution in [0.15, 0.2) is 61.2 Å². The van der Waals surface area contributed by atoms with Gasteiger partial charge in [-0.3, -0.25) is 14.9 Å². The Kier molecular flexibility index (Phi) is 5.25. The number of rotatable bonds is 6. The minimum absolute atomic E-state index is 0.194. The summed E-state index contributed by atoms with van der Waals surface area (Å²) < 4.78 is 14.9. The third-order valence-corrected chi connectivity index (χ3v) is 4.13. The minimum atomic E-state index is -0.533. The van der Waals surface area contributed by atoms with Crippen molar-refractivity contribution in [2.75, 3.05) is 6.54 Å². The summed E-state index contributed by atoms with van der Waals surface area (Å²) >= 11 is 0. The second-order valence-corrected chi connectivity index (χ2v) is 5.88. The summed E-state index contributed by atoms with van der Waals surface area (Å²) in [6, 6.07) is 10.3. The maximum absolute atomic E-state index is 13.4. The first-order valence-electron chi connectivity index (χ1n) is 8.30. The highest BCUT2D eigenvalue weighted by atomic mass is 19.1. The molecule has 0 aliphatic carbocycles. The summed E-state index contributed by atoms with van der Waals surface area (Å²) in [4.78, 5) is 29.2. The molecule has 0 atom stereocenters. The molecule has 1 heterocycles. The second-order valence-electron chi connectivity index (χ2n) is 5.88. The molecule has 8 heteroatoms. The summed E-state index contributed by atoms with van der Waals surface area (Å²) in [5.41, 5.74) is 0.974. The van der Waals surface area contributed by atoms with Gasteiger partial charge in [-0.1, -0.05) is 12.1 Å². The van der Waals surface area contributed by atoms with Gasteiger partial charge in [0, 0.05) is 37.1 Å². The molecule has 1 amide bonds. The third-order valence-electron chi connectivity index (χ3n) is 4.13. The summed E-state index contributed by atoms with van der Waals surface area (Å²) in [6.07, 6.45) is 4.55. The van der Waals surface area contributed by atoms with Crippen LogP contribution in [0.25, 0.3) is 5.69 Å². The highest BCUT2D eigenvalue weighted by Crippen LogP contribution is 2.25. The molecule has 1 aromatic heterocycles. The Hall–Kier alpha value is -3.55. The zero-order chi connectivity index (χ0) is 19.4. The maximum atomic E-state index is 13.4. The number of aromatic nitrogens is 2. The molecule has 0 aliphatic rings. The van der Waals surface area contributed by atoms with Crippen LogP contribution in [0.1, 0.15) is 22.8 Å². The Morgan fingerprint density at radius 1 is 1.30 bits per heavy atom. The molecule has 0 saturated carbocycles. The fourth-order valence-electron chi connectivity index (χ4n) is 2.79. The fraction of sp³-hybridized carbons (Fsp3) is 0.158. The SMILES string of the molecule is CCN(Cc1cccc(F)c1)C(=O)c1ccc(-n2ccnc2)c([N+](=O)[O-])c1. The summed E-state index contributed by atoms with van der Waals surface area (Å²) in [5.74, 6) is -0.738. The van der Waals surface area contributed by atoms with Crippen LogP contribution >= 0.6 is 0 Å². The number of carbonyl (C=O) groups is 1. The predicted molar refractivity (Wildman–Crippen MR) is 97.0 cm³/mol. The van der Waals surface area contributed by atoms with E-state index in [0.29, 0.717) is 17.8 Å². The lowest BCUT2D eigenvalue weighted by atomic mass is 10.1. The van der Waals surface area contributed by atoms with Crippen molar-refractivity contribution in [1.82, 2.24) is 14.5 Å². The molecule has 2 aromatic carbocycles. The van der Waals surface area contributed by atoms with E-state index in [1.165, 1.54) is 46.3 Å². The summed E-state index contributed by atoms with van der Waals surface area (Å²) in [6.45, 7) is 2.39. The van der Waals surface area contributed by atoms with Gasteiger partial charge in [0.05, 0.1) is 11.3 Å². The smallest absolute Gasteiger partial charge is 0.294 e. The van der Waals surface area contributed by atoms with E-state index in [2.05, 4.69) is 4.98 Å². The maximum Gasteiger partial charge on any atom is 0.294 e. The highest BCUT2D eigenvalue weighted by Gasteiger charge is 2.21. The van der Waals surface area contributed by atoms with E-state index < -0.39 is 4.92 Å². The molecule has 0 fully saturated rings. The topological polar surface area (TPSA) is 81.3 Å². The van der Waals surface area contributed by atoms with Crippen molar-refractivity contribution in [3.63, 3.8) is 0 Å². The average Bonchev–Trinajstić information content (AvgIpc) is 3.19. The van der Waals surface area contributed by atoms with Crippen LogP contribution in [-0.2, 0) is 6.54 Å². The van der Waals surface area contributed by atoms with Crippen molar-refractivity contribution in [3.05, 3.63) is 88.2 Å². The number of benzene rings is 2. The van der Waals surface area contributed by atoms with Crippen molar-refractivity contribution in [2.45, 2.75) is 13.5 Å². The lowest BCUT2D eigenvalue weighted by molar-refractivity contribution is -0.384. The van der Waals surface area contributed by atoms with Crippen LogP contribution < -0.4 is 0 Å². The number of halogens is 1. The number of carbonyl (C=O) groups excluding carboxylic acids is 1. The van der Waals surface area contributed by atoms with Crippen LogP contribution in [0.4, 0.5) is 10.1 Å². The molecule has 3 aromatic rings. The van der Waals surface area contributed by atoms with E-state index in [0.717, 1.165) is 0 Å². The Morgan fingerprint density at radius 2 is 2.11 bits per heavy atom. The minimum Gasteiger partial charge on any atom is -0.335 e. The van der Waals surface area contributed by atoms with E-state index >= 15 is 0 Å². The van der Waals surface area contributed by atoms with Crippen molar-refractivity contribution < 1.29 is 14.1 Å². The zero-order valence-corrected chi connectivity index (χ0v) is 14.6. The summed E-state index contributed by atoms with van der Waals surface area (Å²) in [7, 11) is 0. The third kappa shape index (κ3) is 4.00. The van der Waals surface area contributed by atoms with Gasteiger partial charge in [-0.25, -0.2) is 9.37 Å². The molecule has 138 valence electrons. The van der Waals surface area contributed by atoms with E-state index in [-0.39, 0.29) is 29.5 Å². The van der Waals surface area contributed by atoms with Crippen LogP contribution in [0, 0.1) is 15.9 Å². The van der Waals surface area contributed by atoms with E-state index in [4.69, 9.17) is 0 Å². The number of nitrogens with zero attached hydrogens (tertiary/aromatic N) is 4. The Morgan fingerprint density at radius 3 is 2.74 bits per heavy atom. The Balaban J connectivity index is 1.91. The van der Waals surface area contributed by atoms with Crippen LogP contribution in [0.5, 0.6) is 0 Å². The van der Waals surface area contributed by atoms with Gasteiger partial charge < -0.3 is 9.47 Å². The fourth-order valence-corrected chi connectivity index (χ4v) is 2.79. The van der Waals surface area contributed by atoms with E-state index in [9.17, 15) is 19.3 Å². The highest BCUT2D eigenvalue weighted by molar-refractivity contribution is 5.95. The molecule has 0 saturated heterocycles. The molecule has 27 heavy (non-hydrogen) atoms. The van der Waals surface area contributed by atoms with Gasteiger partial charge in [-0.05, 0) is 36.8 Å². The van der Waals surface area contributed by atoms with Crippen molar-refractivity contribution in [3.8, 4) is 5.69 Å². The first-order valence-corrected chi connectivity index (χ1v) is 8.30. The molecular formula is C19H17FN4O3. The van der Waals surface area contributed by atoms with E-state index in [1.807, 2.05) is 0 Å². The van der Waals surface area contributed by atoms with Gasteiger partial charge in [-0.15, -0.1) is 0 Å². The molecule has 0 radical (unpaired) electrons. The largest absolute Gasteiger partial charge is 0.335 e. The van der Waals surface area contributed by atoms with E-state index in [1.54, 1.807) is 31.3 Å². The molecule has 0 aliphatic heterocycles. The van der Waals surface area contributed by atoms with Gasteiger partial charge in [-0.2, -0.15) is 0 Å². The monoisotopic (exact) mass is 368 g/mol. The number of nitro groups is 1. The molecule has 0 unspecified atom stereocenters. The average molecular weight is 368 g/mol. The number of hydrogen-bond donors (Lipinski definition) is 0. The van der Waals surface area contributed by atoms with Gasteiger partial charge in [0.25, 0.3) is 11.6 Å². The van der Waals surface area contributed by atoms with Crippen molar-refractivity contribution in [2.24, 2.45) is 0 Å². The second kappa shape index (κ2) is 7.77. The molecule has 0 N–H and O–H groups in total.